The molecule has 2 rings (SSSR count). The van der Waals surface area contributed by atoms with Crippen LogP contribution in [-0.2, 0) is 6.42 Å². The molecule has 0 fully saturated rings. The van der Waals surface area contributed by atoms with Gasteiger partial charge in [-0.3, -0.25) is 0 Å². The summed E-state index contributed by atoms with van der Waals surface area (Å²) >= 11 is 5.07. The van der Waals surface area contributed by atoms with Crippen molar-refractivity contribution in [2.75, 3.05) is 6.54 Å². The van der Waals surface area contributed by atoms with Crippen LogP contribution in [0, 0.1) is 6.92 Å². The number of halogens is 1. The van der Waals surface area contributed by atoms with Gasteiger partial charge in [0, 0.05) is 27.7 Å². The van der Waals surface area contributed by atoms with Crippen molar-refractivity contribution in [3.05, 3.63) is 33.4 Å². The van der Waals surface area contributed by atoms with Crippen LogP contribution in [0.15, 0.2) is 22.0 Å². The summed E-state index contributed by atoms with van der Waals surface area (Å²) in [5.74, 6) is 0.791. The van der Waals surface area contributed by atoms with Gasteiger partial charge in [0.1, 0.15) is 0 Å². The first-order valence-electron chi connectivity index (χ1n) is 4.98. The van der Waals surface area contributed by atoms with Gasteiger partial charge in [-0.25, -0.2) is 9.97 Å². The first-order valence-corrected chi connectivity index (χ1v) is 6.65. The second-order valence-electron chi connectivity index (χ2n) is 3.49. The second-order valence-corrected chi connectivity index (χ2v) is 5.32. The summed E-state index contributed by atoms with van der Waals surface area (Å²) in [6.07, 6.45) is 0.795. The van der Waals surface area contributed by atoms with E-state index in [1.807, 2.05) is 24.4 Å². The van der Waals surface area contributed by atoms with Crippen molar-refractivity contribution in [2.45, 2.75) is 13.3 Å². The largest absolute Gasteiger partial charge is 0.330 e. The van der Waals surface area contributed by atoms with E-state index in [0.29, 0.717) is 6.54 Å². The number of hydrogen-bond donors (Lipinski definition) is 1. The first kappa shape index (κ1) is 11.7. The molecule has 2 aromatic rings. The Morgan fingerprint density at radius 2 is 2.19 bits per heavy atom. The average Bonchev–Trinajstić information content (AvgIpc) is 2.64. The van der Waals surface area contributed by atoms with Gasteiger partial charge in [-0.1, -0.05) is 0 Å². The fourth-order valence-electron chi connectivity index (χ4n) is 1.45. The maximum atomic E-state index is 5.54. The van der Waals surface area contributed by atoms with Crippen molar-refractivity contribution in [1.82, 2.24) is 9.97 Å². The summed E-state index contributed by atoms with van der Waals surface area (Å²) in [7, 11) is 0. The SMILES string of the molecule is Cc1cc(CCN)nc(-c2cc(Br)cs2)n1. The van der Waals surface area contributed by atoms with Crippen LogP contribution < -0.4 is 5.73 Å². The Hall–Kier alpha value is -0.780. The number of hydrogen-bond acceptors (Lipinski definition) is 4. The number of thiophene rings is 1. The lowest BCUT2D eigenvalue weighted by Gasteiger charge is -2.03. The summed E-state index contributed by atoms with van der Waals surface area (Å²) < 4.78 is 1.07. The van der Waals surface area contributed by atoms with Gasteiger partial charge in [0.25, 0.3) is 0 Å². The van der Waals surface area contributed by atoms with Crippen LogP contribution >= 0.6 is 27.3 Å². The predicted molar refractivity (Wildman–Crippen MR) is 70.5 cm³/mol. The lowest BCUT2D eigenvalue weighted by atomic mass is 10.2. The Balaban J connectivity index is 2.40. The quantitative estimate of drug-likeness (QED) is 0.948. The smallest absolute Gasteiger partial charge is 0.169 e. The van der Waals surface area contributed by atoms with Crippen molar-refractivity contribution in [3.63, 3.8) is 0 Å². The summed E-state index contributed by atoms with van der Waals surface area (Å²) in [5, 5.41) is 2.03. The molecule has 0 bridgehead atoms. The summed E-state index contributed by atoms with van der Waals surface area (Å²) in [6.45, 7) is 2.60. The highest BCUT2D eigenvalue weighted by molar-refractivity contribution is 9.10. The molecule has 0 aliphatic rings. The zero-order valence-electron chi connectivity index (χ0n) is 8.90. The Kier molecular flexibility index (Phi) is 3.68. The predicted octanol–water partition coefficient (Wildman–Crippen LogP) is 2.78. The van der Waals surface area contributed by atoms with E-state index < -0.39 is 0 Å². The highest BCUT2D eigenvalue weighted by Crippen LogP contribution is 2.27. The number of nitrogens with zero attached hydrogens (tertiary/aromatic N) is 2. The van der Waals surface area contributed by atoms with E-state index in [2.05, 4.69) is 25.9 Å². The molecule has 2 aromatic heterocycles. The number of aryl methyl sites for hydroxylation is 1. The van der Waals surface area contributed by atoms with E-state index in [4.69, 9.17) is 5.73 Å². The van der Waals surface area contributed by atoms with Crippen LogP contribution in [0.2, 0.25) is 0 Å². The Labute approximate surface area is 107 Å². The third-order valence-corrected chi connectivity index (χ3v) is 3.78. The number of rotatable bonds is 3. The van der Waals surface area contributed by atoms with Crippen LogP contribution in [0.25, 0.3) is 10.7 Å². The molecule has 0 atom stereocenters. The average molecular weight is 298 g/mol. The normalized spacial score (nSPS) is 10.7. The van der Waals surface area contributed by atoms with E-state index in [1.165, 1.54) is 0 Å². The zero-order valence-corrected chi connectivity index (χ0v) is 11.3. The molecule has 3 nitrogen and oxygen atoms in total. The molecule has 0 aliphatic heterocycles. The molecule has 5 heteroatoms. The van der Waals surface area contributed by atoms with Gasteiger partial charge in [-0.05, 0) is 41.5 Å². The summed E-state index contributed by atoms with van der Waals surface area (Å²) in [5.41, 5.74) is 7.53. The fraction of sp³-hybridized carbons (Fsp3) is 0.273. The van der Waals surface area contributed by atoms with Gasteiger partial charge in [-0.2, -0.15) is 0 Å². The van der Waals surface area contributed by atoms with Crippen LogP contribution in [0.4, 0.5) is 0 Å². The number of nitrogens with two attached hydrogens (primary N) is 1. The number of aromatic nitrogens is 2. The van der Waals surface area contributed by atoms with Crippen molar-refractivity contribution >= 4 is 27.3 Å². The minimum atomic E-state index is 0.615. The molecular formula is C11H12BrN3S. The molecule has 0 saturated carbocycles. The molecule has 0 unspecified atom stereocenters. The maximum Gasteiger partial charge on any atom is 0.169 e. The van der Waals surface area contributed by atoms with Gasteiger partial charge in [0.15, 0.2) is 5.82 Å². The molecule has 0 radical (unpaired) electrons. The molecule has 0 aromatic carbocycles. The van der Waals surface area contributed by atoms with Crippen LogP contribution in [0.1, 0.15) is 11.4 Å². The fourth-order valence-corrected chi connectivity index (χ4v) is 2.81. The lowest BCUT2D eigenvalue weighted by molar-refractivity contribution is 0.906. The molecule has 0 amide bonds. The van der Waals surface area contributed by atoms with E-state index in [-0.39, 0.29) is 0 Å². The second kappa shape index (κ2) is 5.03. The standard InChI is InChI=1S/C11H12BrN3S/c1-7-4-9(2-3-13)15-11(14-7)10-5-8(12)6-16-10/h4-6H,2-3,13H2,1H3. The van der Waals surface area contributed by atoms with Gasteiger partial charge in [0.05, 0.1) is 4.88 Å². The lowest BCUT2D eigenvalue weighted by Crippen LogP contribution is -2.06. The Morgan fingerprint density at radius 1 is 1.38 bits per heavy atom. The Bertz CT molecular complexity index is 496. The molecule has 0 aliphatic carbocycles. The molecule has 2 N–H and O–H groups in total. The van der Waals surface area contributed by atoms with Crippen molar-refractivity contribution < 1.29 is 0 Å². The highest BCUT2D eigenvalue weighted by atomic mass is 79.9. The zero-order chi connectivity index (χ0) is 11.5. The third kappa shape index (κ3) is 2.66. The van der Waals surface area contributed by atoms with E-state index in [0.717, 1.165) is 33.0 Å². The third-order valence-electron chi connectivity index (χ3n) is 2.10. The van der Waals surface area contributed by atoms with Gasteiger partial charge in [-0.15, -0.1) is 11.3 Å². The molecule has 0 spiro atoms. The summed E-state index contributed by atoms with van der Waals surface area (Å²) in [4.78, 5) is 10.0. The molecule has 0 saturated heterocycles. The van der Waals surface area contributed by atoms with Gasteiger partial charge < -0.3 is 5.73 Å². The van der Waals surface area contributed by atoms with Crippen molar-refractivity contribution in [2.24, 2.45) is 5.73 Å². The van der Waals surface area contributed by atoms with Gasteiger partial charge >= 0.3 is 0 Å². The van der Waals surface area contributed by atoms with E-state index in [9.17, 15) is 0 Å². The van der Waals surface area contributed by atoms with Crippen molar-refractivity contribution in [1.29, 1.82) is 0 Å². The summed E-state index contributed by atoms with van der Waals surface area (Å²) in [6, 6.07) is 4.02. The minimum absolute atomic E-state index is 0.615. The van der Waals surface area contributed by atoms with Gasteiger partial charge in [0.2, 0.25) is 0 Å². The maximum absolute atomic E-state index is 5.54. The van der Waals surface area contributed by atoms with Crippen molar-refractivity contribution in [3.8, 4) is 10.7 Å². The van der Waals surface area contributed by atoms with Crippen LogP contribution in [0.3, 0.4) is 0 Å². The minimum Gasteiger partial charge on any atom is -0.330 e. The monoisotopic (exact) mass is 297 g/mol. The van der Waals surface area contributed by atoms with E-state index in [1.54, 1.807) is 11.3 Å². The molecule has 2 heterocycles. The van der Waals surface area contributed by atoms with Crippen LogP contribution in [-0.4, -0.2) is 16.5 Å². The molecule has 16 heavy (non-hydrogen) atoms. The molecular weight excluding hydrogens is 286 g/mol. The first-order chi connectivity index (χ1) is 7.69. The molecule has 84 valence electrons. The topological polar surface area (TPSA) is 51.8 Å². The van der Waals surface area contributed by atoms with Crippen LogP contribution in [0.5, 0.6) is 0 Å². The highest BCUT2D eigenvalue weighted by Gasteiger charge is 2.07. The Morgan fingerprint density at radius 3 is 2.81 bits per heavy atom. The van der Waals surface area contributed by atoms with E-state index >= 15 is 0 Å².